The Morgan fingerprint density at radius 3 is 2.59 bits per heavy atom. The van der Waals surface area contributed by atoms with E-state index in [2.05, 4.69) is 20.3 Å². The molecule has 0 amide bonds. The highest BCUT2D eigenvalue weighted by Crippen LogP contribution is 2.23. The van der Waals surface area contributed by atoms with Gasteiger partial charge in [-0.25, -0.2) is 13.4 Å². The van der Waals surface area contributed by atoms with Crippen molar-refractivity contribution in [1.82, 2.24) is 19.1 Å². The maximum Gasteiger partial charge on any atom is 0.244 e. The van der Waals surface area contributed by atoms with Gasteiger partial charge in [-0.15, -0.1) is 0 Å². The van der Waals surface area contributed by atoms with Gasteiger partial charge in [-0.05, 0) is 37.8 Å². The fourth-order valence-corrected chi connectivity index (χ4v) is 5.27. The molecule has 4 rings (SSSR count). The molecule has 8 nitrogen and oxygen atoms in total. The second kappa shape index (κ2) is 7.47. The van der Waals surface area contributed by atoms with Gasteiger partial charge >= 0.3 is 0 Å². The van der Waals surface area contributed by atoms with Gasteiger partial charge in [-0.2, -0.15) is 9.40 Å². The number of aryl methyl sites for hydroxylation is 1. The number of piperidine rings is 1. The minimum absolute atomic E-state index is 0.271. The van der Waals surface area contributed by atoms with Crippen LogP contribution < -0.4 is 10.2 Å². The van der Waals surface area contributed by atoms with Crippen molar-refractivity contribution in [1.29, 1.82) is 0 Å². The van der Waals surface area contributed by atoms with Gasteiger partial charge in [0.2, 0.25) is 10.0 Å². The lowest BCUT2D eigenvalue weighted by molar-refractivity contribution is 0.477. The average Bonchev–Trinajstić information content (AvgIpc) is 3.35. The van der Waals surface area contributed by atoms with Crippen LogP contribution in [0.25, 0.3) is 0 Å². The van der Waals surface area contributed by atoms with E-state index in [0.717, 1.165) is 44.5 Å². The summed E-state index contributed by atoms with van der Waals surface area (Å²) in [6.45, 7) is 3.11. The van der Waals surface area contributed by atoms with Gasteiger partial charge in [0.1, 0.15) is 10.7 Å². The molecule has 2 aromatic rings. The van der Waals surface area contributed by atoms with Crippen LogP contribution in [0.3, 0.4) is 0 Å². The summed E-state index contributed by atoms with van der Waals surface area (Å²) in [7, 11) is -1.48. The van der Waals surface area contributed by atoms with Gasteiger partial charge in [-0.1, -0.05) is 0 Å². The summed E-state index contributed by atoms with van der Waals surface area (Å²) in [5.41, 5.74) is 1.13. The maximum atomic E-state index is 12.6. The molecular formula is C18H26N6O2S. The fourth-order valence-electron chi connectivity index (χ4n) is 3.81. The maximum absolute atomic E-state index is 12.6. The van der Waals surface area contributed by atoms with Gasteiger partial charge in [0.15, 0.2) is 0 Å². The van der Waals surface area contributed by atoms with E-state index in [-0.39, 0.29) is 10.9 Å². The van der Waals surface area contributed by atoms with Gasteiger partial charge in [0.25, 0.3) is 0 Å². The minimum Gasteiger partial charge on any atom is -0.367 e. The van der Waals surface area contributed by atoms with Crippen molar-refractivity contribution in [2.24, 2.45) is 7.05 Å². The lowest BCUT2D eigenvalue weighted by Gasteiger charge is -2.34. The fraction of sp³-hybridized carbons (Fsp3) is 0.556. The number of hydrogen-bond acceptors (Lipinski definition) is 6. The molecule has 0 bridgehead atoms. The van der Waals surface area contributed by atoms with Crippen molar-refractivity contribution in [2.45, 2.75) is 36.6 Å². The third-order valence-electron chi connectivity index (χ3n) is 5.27. The summed E-state index contributed by atoms with van der Waals surface area (Å²) in [6.07, 6.45) is 9.40. The van der Waals surface area contributed by atoms with Crippen molar-refractivity contribution in [3.05, 3.63) is 30.7 Å². The molecule has 1 atom stereocenters. The van der Waals surface area contributed by atoms with E-state index >= 15 is 0 Å². The summed E-state index contributed by atoms with van der Waals surface area (Å²) in [4.78, 5) is 6.95. The summed E-state index contributed by atoms with van der Waals surface area (Å²) >= 11 is 0. The van der Waals surface area contributed by atoms with Crippen LogP contribution in [0.5, 0.6) is 0 Å². The average molecular weight is 391 g/mol. The summed E-state index contributed by atoms with van der Waals surface area (Å²) in [5.74, 6) is 0.716. The molecule has 2 aromatic heterocycles. The molecule has 1 unspecified atom stereocenters. The minimum atomic E-state index is -3.41. The Bertz CT molecular complexity index is 874. The van der Waals surface area contributed by atoms with E-state index in [9.17, 15) is 8.42 Å². The number of anilines is 2. The zero-order chi connectivity index (χ0) is 18.9. The number of rotatable bonds is 5. The number of nitrogens with zero attached hydrogens (tertiary/aromatic N) is 5. The van der Waals surface area contributed by atoms with Crippen LogP contribution in [0.15, 0.2) is 35.6 Å². The molecule has 2 aliphatic heterocycles. The van der Waals surface area contributed by atoms with Crippen LogP contribution in [0, 0.1) is 0 Å². The SMILES string of the molecule is Cn1cc(N2CCCC(Nc3ccc(S(=O)(=O)N4CCCC4)cn3)C2)cn1. The molecule has 9 heteroatoms. The van der Waals surface area contributed by atoms with E-state index in [1.165, 1.54) is 6.20 Å². The molecular weight excluding hydrogens is 364 g/mol. The normalized spacial score (nSPS) is 21.5. The van der Waals surface area contributed by atoms with Crippen molar-refractivity contribution in [3.8, 4) is 0 Å². The largest absolute Gasteiger partial charge is 0.367 e. The Morgan fingerprint density at radius 1 is 1.11 bits per heavy atom. The van der Waals surface area contributed by atoms with Crippen LogP contribution in [0.2, 0.25) is 0 Å². The molecule has 0 radical (unpaired) electrons. The zero-order valence-corrected chi connectivity index (χ0v) is 16.4. The molecule has 0 aliphatic carbocycles. The molecule has 146 valence electrons. The molecule has 0 spiro atoms. The van der Waals surface area contributed by atoms with Crippen molar-refractivity contribution < 1.29 is 8.42 Å². The van der Waals surface area contributed by atoms with E-state index in [1.807, 2.05) is 24.1 Å². The zero-order valence-electron chi connectivity index (χ0n) is 15.6. The van der Waals surface area contributed by atoms with Crippen LogP contribution in [-0.4, -0.2) is 59.7 Å². The Kier molecular flexibility index (Phi) is 5.05. The molecule has 4 heterocycles. The molecule has 2 fully saturated rings. The predicted molar refractivity (Wildman–Crippen MR) is 104 cm³/mol. The van der Waals surface area contributed by atoms with Gasteiger partial charge in [0, 0.05) is 51.7 Å². The highest BCUT2D eigenvalue weighted by Gasteiger charge is 2.27. The van der Waals surface area contributed by atoms with E-state index in [0.29, 0.717) is 18.9 Å². The van der Waals surface area contributed by atoms with Crippen LogP contribution >= 0.6 is 0 Å². The van der Waals surface area contributed by atoms with Gasteiger partial charge < -0.3 is 10.2 Å². The molecule has 1 N–H and O–H groups in total. The summed E-state index contributed by atoms with van der Waals surface area (Å²) in [6, 6.07) is 3.70. The van der Waals surface area contributed by atoms with E-state index in [4.69, 9.17) is 0 Å². The molecule has 0 aromatic carbocycles. The smallest absolute Gasteiger partial charge is 0.244 e. The topological polar surface area (TPSA) is 83.4 Å². The Labute approximate surface area is 160 Å². The number of aromatic nitrogens is 3. The first-order chi connectivity index (χ1) is 13.0. The van der Waals surface area contributed by atoms with Crippen LogP contribution in [0.1, 0.15) is 25.7 Å². The van der Waals surface area contributed by atoms with Crippen LogP contribution in [-0.2, 0) is 17.1 Å². The second-order valence-electron chi connectivity index (χ2n) is 7.29. The lowest BCUT2D eigenvalue weighted by atomic mass is 10.1. The van der Waals surface area contributed by atoms with Gasteiger partial charge in [-0.3, -0.25) is 4.68 Å². The van der Waals surface area contributed by atoms with Crippen molar-refractivity contribution >= 4 is 21.5 Å². The number of hydrogen-bond donors (Lipinski definition) is 1. The highest BCUT2D eigenvalue weighted by atomic mass is 32.2. The van der Waals surface area contributed by atoms with Gasteiger partial charge in [0.05, 0.1) is 11.9 Å². The van der Waals surface area contributed by atoms with E-state index in [1.54, 1.807) is 16.4 Å². The quantitative estimate of drug-likeness (QED) is 0.836. The second-order valence-corrected chi connectivity index (χ2v) is 9.23. The lowest BCUT2D eigenvalue weighted by Crippen LogP contribution is -2.42. The Balaban J connectivity index is 1.41. The summed E-state index contributed by atoms with van der Waals surface area (Å²) < 4.78 is 28.5. The third-order valence-corrected chi connectivity index (χ3v) is 7.15. The molecule has 0 saturated carbocycles. The molecule has 2 saturated heterocycles. The summed E-state index contributed by atoms with van der Waals surface area (Å²) in [5, 5.41) is 7.69. The third kappa shape index (κ3) is 3.93. The van der Waals surface area contributed by atoms with Crippen molar-refractivity contribution in [3.63, 3.8) is 0 Å². The predicted octanol–water partition coefficient (Wildman–Crippen LogP) is 1.68. The van der Waals surface area contributed by atoms with E-state index < -0.39 is 10.0 Å². The van der Waals surface area contributed by atoms with Crippen molar-refractivity contribution in [2.75, 3.05) is 36.4 Å². The first-order valence-corrected chi connectivity index (χ1v) is 10.9. The molecule has 2 aliphatic rings. The Hall–Kier alpha value is -2.13. The standard InChI is InChI=1S/C18H26N6O2S/c1-22-14-16(11-20-22)23-8-4-5-15(13-23)21-18-7-6-17(12-19-18)27(25,26)24-9-2-3-10-24/h6-7,11-12,14-15H,2-5,8-10,13H2,1H3,(H,19,21). The first-order valence-electron chi connectivity index (χ1n) is 9.49. The highest BCUT2D eigenvalue weighted by molar-refractivity contribution is 7.89. The number of pyridine rings is 1. The first kappa shape index (κ1) is 18.2. The number of nitrogens with one attached hydrogen (secondary N) is 1. The number of sulfonamides is 1. The molecule has 27 heavy (non-hydrogen) atoms. The Morgan fingerprint density at radius 2 is 1.93 bits per heavy atom. The monoisotopic (exact) mass is 390 g/mol. The van der Waals surface area contributed by atoms with Crippen LogP contribution in [0.4, 0.5) is 11.5 Å².